The van der Waals surface area contributed by atoms with Crippen LogP contribution in [-0.4, -0.2) is 9.38 Å². The first-order chi connectivity index (χ1) is 13.1. The number of pyridine rings is 1. The Morgan fingerprint density at radius 1 is 0.889 bits per heavy atom. The maximum Gasteiger partial charge on any atom is 0.187 e. The third-order valence-corrected chi connectivity index (χ3v) is 4.44. The van der Waals surface area contributed by atoms with E-state index in [1.165, 1.54) is 17.7 Å². The van der Waals surface area contributed by atoms with E-state index >= 15 is 0 Å². The molecule has 0 fully saturated rings. The lowest BCUT2D eigenvalue weighted by Gasteiger charge is -2.06. The molecule has 4 rings (SSSR count). The topological polar surface area (TPSA) is 42.0 Å². The molecule has 0 spiro atoms. The van der Waals surface area contributed by atoms with Gasteiger partial charge >= 0.3 is 0 Å². The van der Waals surface area contributed by atoms with Gasteiger partial charge in [-0.15, -0.1) is 10.2 Å². The van der Waals surface area contributed by atoms with Gasteiger partial charge < -0.3 is 0 Å². The van der Waals surface area contributed by atoms with E-state index in [-0.39, 0.29) is 5.82 Å². The Morgan fingerprint density at radius 3 is 2.33 bits per heavy atom. The molecule has 0 bridgehead atoms. The minimum Gasteiger partial charge on any atom is -0.283 e. The van der Waals surface area contributed by atoms with E-state index in [4.69, 9.17) is 4.98 Å². The summed E-state index contributed by atoms with van der Waals surface area (Å²) in [6.45, 7) is 4.34. The Labute approximate surface area is 157 Å². The number of imidazole rings is 1. The highest BCUT2D eigenvalue weighted by Gasteiger charge is 2.14. The van der Waals surface area contributed by atoms with Crippen LogP contribution in [-0.2, 0) is 0 Å². The Morgan fingerprint density at radius 2 is 1.63 bits per heavy atom. The molecule has 0 radical (unpaired) electrons. The van der Waals surface area contributed by atoms with E-state index in [1.54, 1.807) is 12.1 Å². The van der Waals surface area contributed by atoms with Crippen molar-refractivity contribution < 1.29 is 4.39 Å². The molecule has 0 atom stereocenters. The molecular formula is C22H19FN4. The first-order valence-corrected chi connectivity index (χ1v) is 8.86. The fourth-order valence-electron chi connectivity index (χ4n) is 2.91. The second kappa shape index (κ2) is 7.11. The Bertz CT molecular complexity index is 1090. The third kappa shape index (κ3) is 3.49. The number of hydrogen-bond acceptors (Lipinski definition) is 3. The quantitative estimate of drug-likeness (QED) is 0.375. The number of halogens is 1. The Hall–Kier alpha value is -3.34. The van der Waals surface area contributed by atoms with Crippen molar-refractivity contribution in [1.82, 2.24) is 9.38 Å². The summed E-state index contributed by atoms with van der Waals surface area (Å²) in [5, 5.41) is 8.70. The number of rotatable bonds is 4. The molecule has 5 heteroatoms. The monoisotopic (exact) mass is 358 g/mol. The first kappa shape index (κ1) is 17.1. The molecule has 0 aliphatic heterocycles. The summed E-state index contributed by atoms with van der Waals surface area (Å²) in [4.78, 5) is 4.73. The summed E-state index contributed by atoms with van der Waals surface area (Å²) in [6.07, 6.45) is 1.91. The number of hydrogen-bond donors (Lipinski definition) is 0. The number of aromatic nitrogens is 2. The van der Waals surface area contributed by atoms with Gasteiger partial charge in [0.2, 0.25) is 0 Å². The molecule has 2 aromatic carbocycles. The molecule has 4 nitrogen and oxygen atoms in total. The van der Waals surface area contributed by atoms with Crippen molar-refractivity contribution in [3.8, 4) is 11.3 Å². The van der Waals surface area contributed by atoms with Crippen LogP contribution in [0, 0.1) is 5.82 Å². The van der Waals surface area contributed by atoms with Crippen LogP contribution in [0.15, 0.2) is 83.2 Å². The zero-order valence-corrected chi connectivity index (χ0v) is 15.2. The molecule has 0 unspecified atom stereocenters. The summed E-state index contributed by atoms with van der Waals surface area (Å²) in [6, 6.07) is 20.1. The average molecular weight is 358 g/mol. The highest BCUT2D eigenvalue weighted by molar-refractivity contribution is 5.74. The highest BCUT2D eigenvalue weighted by Crippen LogP contribution is 2.33. The van der Waals surface area contributed by atoms with E-state index in [0.29, 0.717) is 17.4 Å². The van der Waals surface area contributed by atoms with Gasteiger partial charge in [0.1, 0.15) is 17.2 Å². The summed E-state index contributed by atoms with van der Waals surface area (Å²) < 4.78 is 15.0. The van der Waals surface area contributed by atoms with Crippen LogP contribution in [0.5, 0.6) is 0 Å². The molecule has 0 saturated carbocycles. The van der Waals surface area contributed by atoms with Gasteiger partial charge in [-0.05, 0) is 47.9 Å². The minimum absolute atomic E-state index is 0.297. The van der Waals surface area contributed by atoms with Gasteiger partial charge in [-0.3, -0.25) is 4.40 Å². The highest BCUT2D eigenvalue weighted by atomic mass is 19.1. The predicted molar refractivity (Wildman–Crippen MR) is 105 cm³/mol. The van der Waals surface area contributed by atoms with Crippen LogP contribution in [0.1, 0.15) is 25.3 Å². The summed E-state index contributed by atoms with van der Waals surface area (Å²) in [5.74, 6) is 0.819. The average Bonchev–Trinajstić information content (AvgIpc) is 3.06. The molecular weight excluding hydrogens is 339 g/mol. The van der Waals surface area contributed by atoms with E-state index in [9.17, 15) is 4.39 Å². The van der Waals surface area contributed by atoms with Crippen molar-refractivity contribution in [2.45, 2.75) is 19.8 Å². The lowest BCUT2D eigenvalue weighted by atomic mass is 10.0. The molecule has 0 saturated heterocycles. The van der Waals surface area contributed by atoms with Crippen LogP contribution in [0.4, 0.5) is 15.9 Å². The molecule has 27 heavy (non-hydrogen) atoms. The van der Waals surface area contributed by atoms with Crippen LogP contribution in [0.3, 0.4) is 0 Å². The second-order valence-electron chi connectivity index (χ2n) is 6.67. The molecule has 2 heterocycles. The Balaban J connectivity index is 1.80. The maximum absolute atomic E-state index is 13.1. The smallest absolute Gasteiger partial charge is 0.187 e. The molecule has 0 amide bonds. The molecule has 0 aliphatic carbocycles. The number of azo groups is 1. The van der Waals surface area contributed by atoms with Crippen molar-refractivity contribution in [3.63, 3.8) is 0 Å². The molecule has 0 N–H and O–H groups in total. The van der Waals surface area contributed by atoms with Gasteiger partial charge in [-0.2, -0.15) is 0 Å². The maximum atomic E-state index is 13.1. The fraction of sp³-hybridized carbons (Fsp3) is 0.136. The van der Waals surface area contributed by atoms with E-state index in [1.807, 2.05) is 28.8 Å². The summed E-state index contributed by atoms with van der Waals surface area (Å²) in [5.41, 5.74) is 4.41. The van der Waals surface area contributed by atoms with Crippen LogP contribution < -0.4 is 0 Å². The standard InChI is InChI=1S/C22H19FN4/c1-15(2)16-6-8-17(9-7-16)21-22(27-14-4-3-5-20(27)24-21)26-25-19-12-10-18(23)11-13-19/h3-15H,1-2H3. The summed E-state index contributed by atoms with van der Waals surface area (Å²) in [7, 11) is 0. The Kier molecular flexibility index (Phi) is 4.50. The van der Waals surface area contributed by atoms with Crippen molar-refractivity contribution in [2.75, 3.05) is 0 Å². The molecule has 0 aliphatic rings. The third-order valence-electron chi connectivity index (χ3n) is 4.44. The van der Waals surface area contributed by atoms with E-state index in [2.05, 4.69) is 48.3 Å². The zero-order chi connectivity index (χ0) is 18.8. The van der Waals surface area contributed by atoms with Gasteiger partial charge in [0.25, 0.3) is 0 Å². The number of benzene rings is 2. The zero-order valence-electron chi connectivity index (χ0n) is 15.2. The van der Waals surface area contributed by atoms with Crippen LogP contribution in [0.25, 0.3) is 16.9 Å². The van der Waals surface area contributed by atoms with Gasteiger partial charge in [0, 0.05) is 11.8 Å². The molecule has 134 valence electrons. The lowest BCUT2D eigenvalue weighted by Crippen LogP contribution is -1.87. The van der Waals surface area contributed by atoms with Crippen molar-refractivity contribution >= 4 is 17.2 Å². The van der Waals surface area contributed by atoms with Gasteiger partial charge in [0.15, 0.2) is 5.82 Å². The van der Waals surface area contributed by atoms with Crippen molar-refractivity contribution in [1.29, 1.82) is 0 Å². The SMILES string of the molecule is CC(C)c1ccc(-c2nc3ccccn3c2N=Nc2ccc(F)cc2)cc1. The van der Waals surface area contributed by atoms with Gasteiger partial charge in [-0.1, -0.05) is 44.2 Å². The second-order valence-corrected chi connectivity index (χ2v) is 6.67. The lowest BCUT2D eigenvalue weighted by molar-refractivity contribution is 0.628. The van der Waals surface area contributed by atoms with Crippen molar-refractivity contribution in [3.05, 3.63) is 84.3 Å². The van der Waals surface area contributed by atoms with Crippen LogP contribution >= 0.6 is 0 Å². The predicted octanol–water partition coefficient (Wildman–Crippen LogP) is 6.68. The van der Waals surface area contributed by atoms with Crippen molar-refractivity contribution in [2.24, 2.45) is 10.2 Å². The minimum atomic E-state index is -0.297. The van der Waals surface area contributed by atoms with Gasteiger partial charge in [0.05, 0.1) is 5.69 Å². The normalized spacial score (nSPS) is 11.7. The molecule has 2 aromatic heterocycles. The summed E-state index contributed by atoms with van der Waals surface area (Å²) >= 11 is 0. The number of fused-ring (bicyclic) bond motifs is 1. The van der Waals surface area contributed by atoms with Crippen LogP contribution in [0.2, 0.25) is 0 Å². The molecule has 4 aromatic rings. The number of nitrogens with zero attached hydrogens (tertiary/aromatic N) is 4. The fourth-order valence-corrected chi connectivity index (χ4v) is 2.91. The largest absolute Gasteiger partial charge is 0.283 e. The van der Waals surface area contributed by atoms with Gasteiger partial charge in [-0.25, -0.2) is 9.37 Å². The first-order valence-electron chi connectivity index (χ1n) is 8.86. The van der Waals surface area contributed by atoms with E-state index in [0.717, 1.165) is 16.9 Å². The van der Waals surface area contributed by atoms with E-state index < -0.39 is 0 Å².